The van der Waals surface area contributed by atoms with Crippen LogP contribution in [0.1, 0.15) is 61.8 Å². The number of benzene rings is 4. The minimum Gasteiger partial charge on any atom is -0.256 e. The van der Waals surface area contributed by atoms with Gasteiger partial charge in [0.2, 0.25) is 0 Å². The Labute approximate surface area is 186 Å². The third-order valence-corrected chi connectivity index (χ3v) is 6.06. The highest BCUT2D eigenvalue weighted by molar-refractivity contribution is 5.96. The van der Waals surface area contributed by atoms with Crippen molar-refractivity contribution in [2.75, 3.05) is 0 Å². The van der Waals surface area contributed by atoms with Gasteiger partial charge in [0.25, 0.3) is 0 Å². The molecule has 156 valence electrons. The molecule has 4 aromatic rings. The van der Waals surface area contributed by atoms with Crippen LogP contribution in [0.2, 0.25) is 0 Å². The van der Waals surface area contributed by atoms with Gasteiger partial charge in [-0.3, -0.25) is 4.99 Å². The van der Waals surface area contributed by atoms with Crippen molar-refractivity contribution in [3.63, 3.8) is 0 Å². The van der Waals surface area contributed by atoms with Crippen LogP contribution in [-0.4, -0.2) is 6.21 Å². The van der Waals surface area contributed by atoms with E-state index in [0.29, 0.717) is 11.8 Å². The number of fused-ring (bicyclic) bond motifs is 1. The topological polar surface area (TPSA) is 12.4 Å². The van der Waals surface area contributed by atoms with E-state index in [4.69, 9.17) is 4.99 Å². The van der Waals surface area contributed by atoms with Gasteiger partial charge in [-0.1, -0.05) is 94.4 Å². The second-order valence-corrected chi connectivity index (χ2v) is 8.98. The van der Waals surface area contributed by atoms with E-state index in [0.717, 1.165) is 5.69 Å². The number of aliphatic imine (C=N–C) groups is 1. The minimum absolute atomic E-state index is 0.435. The molecule has 0 saturated carbocycles. The molecule has 0 radical (unpaired) electrons. The van der Waals surface area contributed by atoms with Crippen molar-refractivity contribution in [1.82, 2.24) is 0 Å². The van der Waals surface area contributed by atoms with Gasteiger partial charge in [0.05, 0.1) is 5.69 Å². The zero-order valence-corrected chi connectivity index (χ0v) is 19.2. The van der Waals surface area contributed by atoms with Gasteiger partial charge < -0.3 is 0 Å². The molecule has 1 heteroatoms. The normalized spacial score (nSPS) is 11.8. The molecule has 0 aliphatic rings. The van der Waals surface area contributed by atoms with Crippen LogP contribution >= 0.6 is 0 Å². The third-order valence-electron chi connectivity index (χ3n) is 6.06. The summed E-state index contributed by atoms with van der Waals surface area (Å²) in [5.74, 6) is 0.923. The summed E-state index contributed by atoms with van der Waals surface area (Å²) in [5, 5.41) is 2.53. The van der Waals surface area contributed by atoms with Gasteiger partial charge in [0.1, 0.15) is 0 Å². The van der Waals surface area contributed by atoms with E-state index in [1.54, 1.807) is 0 Å². The Kier molecular flexibility index (Phi) is 6.04. The molecule has 0 aliphatic carbocycles. The molecule has 0 saturated heterocycles. The van der Waals surface area contributed by atoms with E-state index >= 15 is 0 Å². The fraction of sp³-hybridized carbons (Fsp3) is 0.233. The second kappa shape index (κ2) is 8.89. The lowest BCUT2D eigenvalue weighted by molar-refractivity contribution is 0.845. The summed E-state index contributed by atoms with van der Waals surface area (Å²) in [5.41, 5.74) is 8.57. The highest BCUT2D eigenvalue weighted by Crippen LogP contribution is 2.32. The van der Waals surface area contributed by atoms with Crippen molar-refractivity contribution < 1.29 is 0 Å². The smallest absolute Gasteiger partial charge is 0.0667 e. The van der Waals surface area contributed by atoms with Crippen LogP contribution in [0.25, 0.3) is 21.9 Å². The maximum atomic E-state index is 5.03. The van der Waals surface area contributed by atoms with E-state index in [-0.39, 0.29) is 0 Å². The largest absolute Gasteiger partial charge is 0.256 e. The molecule has 0 fully saturated rings. The molecule has 0 aliphatic heterocycles. The quantitative estimate of drug-likeness (QED) is 0.294. The summed E-state index contributed by atoms with van der Waals surface area (Å²) in [6.07, 6.45) is 2.06. The van der Waals surface area contributed by atoms with Crippen molar-refractivity contribution in [3.05, 3.63) is 101 Å². The SMILES string of the molecule is Cc1cccc(-c2ccc3ccccc3c2)c1C=Nc1cc(C(C)C)ccc1C(C)C. The zero-order chi connectivity index (χ0) is 22.0. The molecule has 0 amide bonds. The summed E-state index contributed by atoms with van der Waals surface area (Å²) in [7, 11) is 0. The molecule has 1 nitrogen and oxygen atoms in total. The first-order chi connectivity index (χ1) is 14.9. The Balaban J connectivity index is 1.81. The number of aryl methyl sites for hydroxylation is 1. The summed E-state index contributed by atoms with van der Waals surface area (Å²) < 4.78 is 0. The summed E-state index contributed by atoms with van der Waals surface area (Å²) in [6, 6.07) is 28.5. The maximum absolute atomic E-state index is 5.03. The lowest BCUT2D eigenvalue weighted by Crippen LogP contribution is -1.95. The van der Waals surface area contributed by atoms with Crippen molar-refractivity contribution in [1.29, 1.82) is 0 Å². The Morgan fingerprint density at radius 1 is 0.710 bits per heavy atom. The Hall–Kier alpha value is -3.19. The van der Waals surface area contributed by atoms with Crippen LogP contribution in [-0.2, 0) is 0 Å². The van der Waals surface area contributed by atoms with Crippen molar-refractivity contribution in [2.45, 2.75) is 46.5 Å². The van der Waals surface area contributed by atoms with Gasteiger partial charge in [0, 0.05) is 11.8 Å². The van der Waals surface area contributed by atoms with Crippen LogP contribution < -0.4 is 0 Å². The number of rotatable bonds is 5. The molecule has 0 unspecified atom stereocenters. The lowest BCUT2D eigenvalue weighted by Gasteiger charge is -2.14. The van der Waals surface area contributed by atoms with E-state index in [9.17, 15) is 0 Å². The van der Waals surface area contributed by atoms with Crippen LogP contribution in [0.15, 0.2) is 83.9 Å². The highest BCUT2D eigenvalue weighted by atomic mass is 14.7. The molecule has 0 N–H and O–H groups in total. The molecular weight excluding hydrogens is 374 g/mol. The average Bonchev–Trinajstić information content (AvgIpc) is 2.77. The van der Waals surface area contributed by atoms with Crippen LogP contribution in [0.5, 0.6) is 0 Å². The summed E-state index contributed by atoms with van der Waals surface area (Å²) in [4.78, 5) is 5.03. The van der Waals surface area contributed by atoms with E-state index in [2.05, 4.69) is 120 Å². The van der Waals surface area contributed by atoms with Crippen molar-refractivity contribution in [2.24, 2.45) is 4.99 Å². The molecule has 4 rings (SSSR count). The molecule has 0 atom stereocenters. The highest BCUT2D eigenvalue weighted by Gasteiger charge is 2.11. The van der Waals surface area contributed by atoms with Crippen LogP contribution in [0.3, 0.4) is 0 Å². The first-order valence-corrected chi connectivity index (χ1v) is 11.2. The van der Waals surface area contributed by atoms with Gasteiger partial charge in [-0.05, 0) is 69.5 Å². The van der Waals surface area contributed by atoms with Gasteiger partial charge >= 0.3 is 0 Å². The Morgan fingerprint density at radius 3 is 2.23 bits per heavy atom. The monoisotopic (exact) mass is 405 g/mol. The van der Waals surface area contributed by atoms with Gasteiger partial charge in [-0.15, -0.1) is 0 Å². The van der Waals surface area contributed by atoms with Crippen LogP contribution in [0.4, 0.5) is 5.69 Å². The minimum atomic E-state index is 0.435. The molecule has 4 aromatic carbocycles. The van der Waals surface area contributed by atoms with E-state index in [1.807, 2.05) is 0 Å². The second-order valence-electron chi connectivity index (χ2n) is 8.98. The maximum Gasteiger partial charge on any atom is 0.0667 e. The first-order valence-electron chi connectivity index (χ1n) is 11.2. The molecule has 31 heavy (non-hydrogen) atoms. The zero-order valence-electron chi connectivity index (χ0n) is 19.2. The summed E-state index contributed by atoms with van der Waals surface area (Å²) >= 11 is 0. The summed E-state index contributed by atoms with van der Waals surface area (Å²) in [6.45, 7) is 11.1. The van der Waals surface area contributed by atoms with Gasteiger partial charge in [0.15, 0.2) is 0 Å². The van der Waals surface area contributed by atoms with Crippen molar-refractivity contribution >= 4 is 22.7 Å². The number of nitrogens with zero attached hydrogens (tertiary/aromatic N) is 1. The molecule has 0 heterocycles. The predicted molar refractivity (Wildman–Crippen MR) is 136 cm³/mol. The molecule has 0 spiro atoms. The van der Waals surface area contributed by atoms with Crippen molar-refractivity contribution in [3.8, 4) is 11.1 Å². The molecule has 0 aromatic heterocycles. The molecule has 0 bridgehead atoms. The Morgan fingerprint density at radius 2 is 1.48 bits per heavy atom. The Bertz CT molecular complexity index is 1240. The fourth-order valence-electron chi connectivity index (χ4n) is 4.11. The third kappa shape index (κ3) is 4.46. The predicted octanol–water partition coefficient (Wildman–Crippen LogP) is 8.81. The fourth-order valence-corrected chi connectivity index (χ4v) is 4.11. The lowest BCUT2D eigenvalue weighted by atomic mass is 9.94. The standard InChI is InChI=1S/C30H31N/c1-20(2)24-15-16-27(21(3)4)30(18-24)31-19-29-22(5)9-8-12-28(29)26-14-13-23-10-6-7-11-25(23)17-26/h6-21H,1-5H3. The first kappa shape index (κ1) is 21.1. The number of hydrogen-bond donors (Lipinski definition) is 0. The average molecular weight is 406 g/mol. The number of hydrogen-bond acceptors (Lipinski definition) is 1. The van der Waals surface area contributed by atoms with E-state index in [1.165, 1.54) is 44.2 Å². The molecular formula is C30H31N. The van der Waals surface area contributed by atoms with Crippen LogP contribution in [0, 0.1) is 6.92 Å². The van der Waals surface area contributed by atoms with E-state index < -0.39 is 0 Å². The van der Waals surface area contributed by atoms with Gasteiger partial charge in [-0.2, -0.15) is 0 Å². The van der Waals surface area contributed by atoms with Gasteiger partial charge in [-0.25, -0.2) is 0 Å².